The molecule has 0 radical (unpaired) electrons. The molecular weight excluding hydrogens is 308 g/mol. The van der Waals surface area contributed by atoms with Crippen LogP contribution in [0.4, 0.5) is 17.6 Å². The SMILES string of the molecule is O=S(Oc1cccc2ccc(F)c(Cl)c12)C(F)(F)F. The maximum Gasteiger partial charge on any atom is 0.508 e. The van der Waals surface area contributed by atoms with Crippen molar-refractivity contribution >= 4 is 33.5 Å². The van der Waals surface area contributed by atoms with Gasteiger partial charge in [0.1, 0.15) is 11.6 Å². The van der Waals surface area contributed by atoms with Crippen LogP contribution in [0.25, 0.3) is 10.8 Å². The van der Waals surface area contributed by atoms with E-state index in [2.05, 4.69) is 4.18 Å². The molecule has 0 heterocycles. The van der Waals surface area contributed by atoms with Crippen molar-refractivity contribution in [3.8, 4) is 5.75 Å². The molecule has 19 heavy (non-hydrogen) atoms. The quantitative estimate of drug-likeness (QED) is 0.777. The van der Waals surface area contributed by atoms with E-state index in [1.807, 2.05) is 0 Å². The Morgan fingerprint density at radius 3 is 2.47 bits per heavy atom. The summed E-state index contributed by atoms with van der Waals surface area (Å²) in [7, 11) is 0. The van der Waals surface area contributed by atoms with E-state index in [4.69, 9.17) is 11.6 Å². The molecule has 2 aromatic rings. The Balaban J connectivity index is 2.55. The fraction of sp³-hybridized carbons (Fsp3) is 0.0909. The fourth-order valence-corrected chi connectivity index (χ4v) is 2.14. The van der Waals surface area contributed by atoms with Crippen LogP contribution in [0, 0.1) is 5.82 Å². The Hall–Kier alpha value is -1.34. The predicted octanol–water partition coefficient (Wildman–Crippen LogP) is 4.19. The second-order valence-electron chi connectivity index (χ2n) is 3.48. The van der Waals surface area contributed by atoms with Crippen molar-refractivity contribution < 1.29 is 26.0 Å². The minimum absolute atomic E-state index is 0.0539. The first-order chi connectivity index (χ1) is 8.80. The Labute approximate surface area is 112 Å². The summed E-state index contributed by atoms with van der Waals surface area (Å²) >= 11 is 2.15. The summed E-state index contributed by atoms with van der Waals surface area (Å²) in [5, 5.41) is -0.0582. The molecule has 0 aliphatic rings. The van der Waals surface area contributed by atoms with Crippen LogP contribution in [0.15, 0.2) is 30.3 Å². The first kappa shape index (κ1) is 14.1. The molecule has 0 bridgehead atoms. The number of fused-ring (bicyclic) bond motifs is 1. The van der Waals surface area contributed by atoms with Crippen LogP contribution >= 0.6 is 11.6 Å². The summed E-state index contributed by atoms with van der Waals surface area (Å²) in [6.07, 6.45) is 0. The Morgan fingerprint density at radius 1 is 1.16 bits per heavy atom. The Bertz CT molecular complexity index is 657. The van der Waals surface area contributed by atoms with Gasteiger partial charge in [-0.1, -0.05) is 29.8 Å². The second-order valence-corrected chi connectivity index (χ2v) is 4.96. The van der Waals surface area contributed by atoms with E-state index in [1.165, 1.54) is 18.2 Å². The second kappa shape index (κ2) is 4.97. The lowest BCUT2D eigenvalue weighted by molar-refractivity contribution is -0.0437. The van der Waals surface area contributed by atoms with Gasteiger partial charge >= 0.3 is 16.6 Å². The summed E-state index contributed by atoms with van der Waals surface area (Å²) in [6.45, 7) is 0. The molecule has 2 aromatic carbocycles. The first-order valence-electron chi connectivity index (χ1n) is 4.84. The van der Waals surface area contributed by atoms with Crippen molar-refractivity contribution in [1.29, 1.82) is 0 Å². The van der Waals surface area contributed by atoms with Crippen molar-refractivity contribution in [2.45, 2.75) is 5.51 Å². The highest BCUT2D eigenvalue weighted by molar-refractivity contribution is 7.81. The number of hydrogen-bond donors (Lipinski definition) is 0. The van der Waals surface area contributed by atoms with Crippen LogP contribution in [0.3, 0.4) is 0 Å². The van der Waals surface area contributed by atoms with Gasteiger partial charge in [-0.3, -0.25) is 0 Å². The molecule has 1 atom stereocenters. The topological polar surface area (TPSA) is 26.3 Å². The third kappa shape index (κ3) is 2.82. The van der Waals surface area contributed by atoms with Gasteiger partial charge in [-0.2, -0.15) is 13.2 Å². The van der Waals surface area contributed by atoms with Gasteiger partial charge in [0, 0.05) is 5.39 Å². The Kier molecular flexibility index (Phi) is 3.69. The molecule has 1 unspecified atom stereocenters. The molecule has 0 aromatic heterocycles. The lowest BCUT2D eigenvalue weighted by Crippen LogP contribution is -2.21. The lowest BCUT2D eigenvalue weighted by atomic mass is 10.1. The first-order valence-corrected chi connectivity index (χ1v) is 6.29. The van der Waals surface area contributed by atoms with Gasteiger partial charge < -0.3 is 4.18 Å². The van der Waals surface area contributed by atoms with Gasteiger partial charge in [-0.05, 0) is 17.5 Å². The molecule has 0 saturated carbocycles. The van der Waals surface area contributed by atoms with Gasteiger partial charge in [0.25, 0.3) is 0 Å². The fourth-order valence-electron chi connectivity index (χ4n) is 1.48. The molecular formula is C11H5ClF4O2S. The molecule has 0 aliphatic carbocycles. The van der Waals surface area contributed by atoms with Crippen molar-refractivity contribution in [2.75, 3.05) is 0 Å². The number of halogens is 5. The van der Waals surface area contributed by atoms with E-state index in [9.17, 15) is 21.8 Å². The number of benzene rings is 2. The zero-order valence-corrected chi connectivity index (χ0v) is 10.6. The molecule has 8 heteroatoms. The third-order valence-corrected chi connectivity index (χ3v) is 3.33. The average molecular weight is 313 g/mol. The third-order valence-electron chi connectivity index (χ3n) is 2.25. The molecule has 0 N–H and O–H groups in total. The standard InChI is InChI=1S/C11H5ClF4O2S/c12-10-7(13)5-4-6-2-1-3-8(9(6)10)18-19(17)11(14,15)16/h1-5H. The van der Waals surface area contributed by atoms with E-state index < -0.39 is 28.2 Å². The lowest BCUT2D eigenvalue weighted by Gasteiger charge is -2.11. The summed E-state index contributed by atoms with van der Waals surface area (Å²) in [5.41, 5.74) is -5.03. The van der Waals surface area contributed by atoms with E-state index in [0.717, 1.165) is 12.1 Å². The highest BCUT2D eigenvalue weighted by Gasteiger charge is 2.40. The summed E-state index contributed by atoms with van der Waals surface area (Å²) in [5.74, 6) is -1.19. The maximum absolute atomic E-state index is 13.3. The van der Waals surface area contributed by atoms with Gasteiger partial charge in [-0.25, -0.2) is 8.60 Å². The van der Waals surface area contributed by atoms with Crippen molar-refractivity contribution in [3.05, 3.63) is 41.2 Å². The molecule has 102 valence electrons. The van der Waals surface area contributed by atoms with Crippen LogP contribution in [-0.4, -0.2) is 9.72 Å². The number of rotatable bonds is 2. The normalized spacial score (nSPS) is 13.5. The molecule has 2 nitrogen and oxygen atoms in total. The minimum Gasteiger partial charge on any atom is -0.393 e. The smallest absolute Gasteiger partial charge is 0.393 e. The monoisotopic (exact) mass is 312 g/mol. The summed E-state index contributed by atoms with van der Waals surface area (Å²) in [6, 6.07) is 6.45. The zero-order valence-electron chi connectivity index (χ0n) is 9.00. The van der Waals surface area contributed by atoms with Crippen LogP contribution < -0.4 is 4.18 Å². The molecule has 0 aliphatic heterocycles. The van der Waals surface area contributed by atoms with Gasteiger partial charge in [0.15, 0.2) is 0 Å². The predicted molar refractivity (Wildman–Crippen MR) is 63.7 cm³/mol. The van der Waals surface area contributed by atoms with Crippen molar-refractivity contribution in [3.63, 3.8) is 0 Å². The van der Waals surface area contributed by atoms with Crippen molar-refractivity contribution in [2.24, 2.45) is 0 Å². The van der Waals surface area contributed by atoms with Crippen molar-refractivity contribution in [1.82, 2.24) is 0 Å². The van der Waals surface area contributed by atoms with Gasteiger partial charge in [-0.15, -0.1) is 0 Å². The Morgan fingerprint density at radius 2 is 1.84 bits per heavy atom. The molecule has 0 spiro atoms. The van der Waals surface area contributed by atoms with Crippen LogP contribution in [0.5, 0.6) is 5.75 Å². The summed E-state index contributed by atoms with van der Waals surface area (Å²) < 4.78 is 65.1. The molecule has 0 fully saturated rings. The van der Waals surface area contributed by atoms with E-state index in [0.29, 0.717) is 5.39 Å². The van der Waals surface area contributed by atoms with Crippen LogP contribution in [0.1, 0.15) is 0 Å². The van der Waals surface area contributed by atoms with Crippen LogP contribution in [-0.2, 0) is 11.1 Å². The van der Waals surface area contributed by atoms with Crippen LogP contribution in [0.2, 0.25) is 5.02 Å². The molecule has 2 rings (SSSR count). The zero-order chi connectivity index (χ0) is 14.2. The largest absolute Gasteiger partial charge is 0.508 e. The summed E-state index contributed by atoms with van der Waals surface area (Å²) in [4.78, 5) is 0. The highest BCUT2D eigenvalue weighted by Crippen LogP contribution is 2.35. The van der Waals surface area contributed by atoms with Gasteiger partial charge in [0.2, 0.25) is 0 Å². The van der Waals surface area contributed by atoms with Gasteiger partial charge in [0.05, 0.1) is 5.02 Å². The minimum atomic E-state index is -5.03. The highest BCUT2D eigenvalue weighted by atomic mass is 35.5. The molecule has 0 saturated heterocycles. The van der Waals surface area contributed by atoms with E-state index in [1.54, 1.807) is 0 Å². The van der Waals surface area contributed by atoms with E-state index >= 15 is 0 Å². The number of alkyl halides is 3. The molecule has 0 amide bonds. The average Bonchev–Trinajstić information content (AvgIpc) is 2.33. The number of hydrogen-bond acceptors (Lipinski definition) is 2. The van der Waals surface area contributed by atoms with E-state index in [-0.39, 0.29) is 10.4 Å². The maximum atomic E-state index is 13.3.